The van der Waals surface area contributed by atoms with Gasteiger partial charge in [0.05, 0.1) is 16.6 Å². The van der Waals surface area contributed by atoms with Crippen molar-refractivity contribution < 1.29 is 17.9 Å². The molecule has 9 heteroatoms. The average molecular weight is 473 g/mol. The van der Waals surface area contributed by atoms with Crippen molar-refractivity contribution >= 4 is 48.9 Å². The van der Waals surface area contributed by atoms with Crippen molar-refractivity contribution in [2.45, 2.75) is 24.0 Å². The van der Waals surface area contributed by atoms with Gasteiger partial charge in [0.25, 0.3) is 10.0 Å². The Bertz CT molecular complexity index is 935. The van der Waals surface area contributed by atoms with Gasteiger partial charge in [-0.2, -0.15) is 4.31 Å². The summed E-state index contributed by atoms with van der Waals surface area (Å²) in [4.78, 5) is 12.6. The van der Waals surface area contributed by atoms with E-state index in [-0.39, 0.29) is 11.8 Å². The van der Waals surface area contributed by atoms with Crippen molar-refractivity contribution in [2.24, 2.45) is 5.92 Å². The number of hydrogen-bond acceptors (Lipinski definition) is 5. The fourth-order valence-electron chi connectivity index (χ4n) is 3.08. The van der Waals surface area contributed by atoms with Gasteiger partial charge in [-0.3, -0.25) is 4.79 Å². The first-order valence-electron chi connectivity index (χ1n) is 8.52. The van der Waals surface area contributed by atoms with Crippen LogP contribution in [0.15, 0.2) is 38.3 Å². The Balaban J connectivity index is 1.64. The molecule has 2 heterocycles. The molecule has 1 aliphatic heterocycles. The number of carbonyl (C=O) groups excluding carboxylic acids is 1. The molecular formula is C18H21BrN2O4S2. The van der Waals surface area contributed by atoms with E-state index in [1.54, 1.807) is 19.2 Å². The third-order valence-corrected chi connectivity index (χ3v) is 8.57. The number of anilines is 1. The number of piperidine rings is 1. The minimum Gasteiger partial charge on any atom is -0.495 e. The summed E-state index contributed by atoms with van der Waals surface area (Å²) < 4.78 is 33.2. The lowest BCUT2D eigenvalue weighted by atomic mass is 9.97. The normalized spacial score (nSPS) is 16.3. The first kappa shape index (κ1) is 20.3. The van der Waals surface area contributed by atoms with Gasteiger partial charge in [0.1, 0.15) is 9.96 Å². The molecule has 27 heavy (non-hydrogen) atoms. The van der Waals surface area contributed by atoms with Gasteiger partial charge >= 0.3 is 0 Å². The zero-order chi connectivity index (χ0) is 19.6. The van der Waals surface area contributed by atoms with Crippen LogP contribution in [0.2, 0.25) is 0 Å². The number of benzene rings is 1. The minimum atomic E-state index is -3.50. The summed E-state index contributed by atoms with van der Waals surface area (Å²) in [6, 6.07) is 8.94. The van der Waals surface area contributed by atoms with Crippen molar-refractivity contribution in [3.63, 3.8) is 0 Å². The second-order valence-electron chi connectivity index (χ2n) is 6.43. The van der Waals surface area contributed by atoms with Crippen molar-refractivity contribution in [1.82, 2.24) is 4.31 Å². The van der Waals surface area contributed by atoms with Crippen LogP contribution in [-0.4, -0.2) is 38.8 Å². The molecule has 0 atom stereocenters. The lowest BCUT2D eigenvalue weighted by Crippen LogP contribution is -2.41. The summed E-state index contributed by atoms with van der Waals surface area (Å²) in [6.07, 6.45) is 0.984. The predicted molar refractivity (Wildman–Crippen MR) is 110 cm³/mol. The molecule has 1 aliphatic rings. The van der Waals surface area contributed by atoms with Gasteiger partial charge < -0.3 is 10.1 Å². The number of amides is 1. The molecular weight excluding hydrogens is 452 g/mol. The zero-order valence-corrected chi connectivity index (χ0v) is 18.3. The molecule has 1 fully saturated rings. The molecule has 2 aromatic rings. The Morgan fingerprint density at radius 3 is 2.56 bits per heavy atom. The maximum Gasteiger partial charge on any atom is 0.252 e. The number of ether oxygens (including phenoxy) is 1. The number of nitrogens with one attached hydrogen (secondary N) is 1. The highest BCUT2D eigenvalue weighted by molar-refractivity contribution is 9.11. The van der Waals surface area contributed by atoms with E-state index in [1.807, 2.05) is 25.1 Å². The highest BCUT2D eigenvalue weighted by atomic mass is 79.9. The summed E-state index contributed by atoms with van der Waals surface area (Å²) >= 11 is 4.49. The highest BCUT2D eigenvalue weighted by Gasteiger charge is 2.33. The van der Waals surface area contributed by atoms with E-state index in [1.165, 1.54) is 15.6 Å². The Morgan fingerprint density at radius 2 is 1.96 bits per heavy atom. The molecule has 1 amide bonds. The number of rotatable bonds is 5. The van der Waals surface area contributed by atoms with E-state index >= 15 is 0 Å². The van der Waals surface area contributed by atoms with Gasteiger partial charge in [-0.05, 0) is 65.5 Å². The number of sulfonamides is 1. The number of halogens is 1. The molecule has 1 aromatic carbocycles. The monoisotopic (exact) mass is 472 g/mol. The molecule has 0 spiro atoms. The van der Waals surface area contributed by atoms with Gasteiger partial charge in [-0.25, -0.2) is 8.42 Å². The fourth-order valence-corrected chi connectivity index (χ4v) is 6.71. The summed E-state index contributed by atoms with van der Waals surface area (Å²) in [5, 5.41) is 2.92. The van der Waals surface area contributed by atoms with Crippen molar-refractivity contribution in [3.8, 4) is 5.75 Å². The Morgan fingerprint density at radius 1 is 1.26 bits per heavy atom. The number of nitrogens with zero attached hydrogens (tertiary/aromatic N) is 1. The number of thiophene rings is 1. The number of methoxy groups -OCH3 is 1. The first-order chi connectivity index (χ1) is 12.8. The van der Waals surface area contributed by atoms with Crippen molar-refractivity contribution in [2.75, 3.05) is 25.5 Å². The molecule has 1 aromatic heterocycles. The zero-order valence-electron chi connectivity index (χ0n) is 15.1. The quantitative estimate of drug-likeness (QED) is 0.716. The molecule has 3 rings (SSSR count). The van der Waals surface area contributed by atoms with E-state index < -0.39 is 10.0 Å². The Labute approximate surface area is 171 Å². The van der Waals surface area contributed by atoms with Gasteiger partial charge in [0.2, 0.25) is 5.91 Å². The van der Waals surface area contributed by atoms with Crippen molar-refractivity contribution in [1.29, 1.82) is 0 Å². The summed E-state index contributed by atoms with van der Waals surface area (Å²) in [5.74, 6) is 0.281. The van der Waals surface area contributed by atoms with Crippen LogP contribution in [0.5, 0.6) is 5.75 Å². The van der Waals surface area contributed by atoms with E-state index in [0.717, 1.165) is 9.35 Å². The van der Waals surface area contributed by atoms with E-state index in [0.29, 0.717) is 41.6 Å². The smallest absolute Gasteiger partial charge is 0.252 e. The van der Waals surface area contributed by atoms with Crippen LogP contribution in [0.3, 0.4) is 0 Å². The first-order valence-corrected chi connectivity index (χ1v) is 11.6. The number of hydrogen-bond donors (Lipinski definition) is 1. The van der Waals surface area contributed by atoms with Gasteiger partial charge in [0.15, 0.2) is 0 Å². The molecule has 0 unspecified atom stereocenters. The van der Waals surface area contributed by atoms with Crippen LogP contribution < -0.4 is 10.1 Å². The van der Waals surface area contributed by atoms with Gasteiger partial charge in [-0.1, -0.05) is 6.07 Å². The predicted octanol–water partition coefficient (Wildman–Crippen LogP) is 3.87. The average Bonchev–Trinajstić information content (AvgIpc) is 3.09. The summed E-state index contributed by atoms with van der Waals surface area (Å²) in [7, 11) is -1.93. The second kappa shape index (κ2) is 8.30. The van der Waals surface area contributed by atoms with Crippen molar-refractivity contribution in [3.05, 3.63) is 39.7 Å². The van der Waals surface area contributed by atoms with Crippen LogP contribution in [0.1, 0.15) is 18.4 Å². The second-order valence-corrected chi connectivity index (χ2v) is 11.1. The molecule has 1 N–H and O–H groups in total. The van der Waals surface area contributed by atoms with Gasteiger partial charge in [0, 0.05) is 19.0 Å². The SMILES string of the molecule is COc1ccc(C)cc1NC(=O)C1CCN(S(=O)(=O)c2ccc(Br)s2)CC1. The van der Waals surface area contributed by atoms with E-state index in [9.17, 15) is 13.2 Å². The van der Waals surface area contributed by atoms with Crippen LogP contribution in [-0.2, 0) is 14.8 Å². The third kappa shape index (κ3) is 4.53. The molecule has 146 valence electrons. The van der Waals surface area contributed by atoms with E-state index in [2.05, 4.69) is 21.2 Å². The molecule has 0 aliphatic carbocycles. The maximum atomic E-state index is 12.7. The third-order valence-electron chi connectivity index (χ3n) is 4.58. The van der Waals surface area contributed by atoms with Gasteiger partial charge in [-0.15, -0.1) is 11.3 Å². The molecule has 6 nitrogen and oxygen atoms in total. The maximum absolute atomic E-state index is 12.7. The highest BCUT2D eigenvalue weighted by Crippen LogP contribution is 2.32. The lowest BCUT2D eigenvalue weighted by molar-refractivity contribution is -0.120. The largest absolute Gasteiger partial charge is 0.495 e. The molecule has 0 radical (unpaired) electrons. The molecule has 0 saturated carbocycles. The number of aryl methyl sites for hydroxylation is 1. The Hall–Kier alpha value is -1.42. The molecule has 0 bridgehead atoms. The lowest BCUT2D eigenvalue weighted by Gasteiger charge is -2.30. The summed E-state index contributed by atoms with van der Waals surface area (Å²) in [5.41, 5.74) is 1.66. The number of carbonyl (C=O) groups is 1. The van der Waals surface area contributed by atoms with Crippen LogP contribution in [0.25, 0.3) is 0 Å². The standard InChI is InChI=1S/C18H21BrN2O4S2/c1-12-3-4-15(25-2)14(11-12)20-18(22)13-7-9-21(10-8-13)27(23,24)17-6-5-16(19)26-17/h3-6,11,13H,7-10H2,1-2H3,(H,20,22). The minimum absolute atomic E-state index is 0.102. The van der Waals surface area contributed by atoms with Crippen LogP contribution in [0.4, 0.5) is 5.69 Å². The van der Waals surface area contributed by atoms with E-state index in [4.69, 9.17) is 4.74 Å². The molecule has 1 saturated heterocycles. The fraction of sp³-hybridized carbons (Fsp3) is 0.389. The van der Waals surface area contributed by atoms with Crippen LogP contribution >= 0.6 is 27.3 Å². The topological polar surface area (TPSA) is 75.7 Å². The Kier molecular flexibility index (Phi) is 6.25. The van der Waals surface area contributed by atoms with Crippen LogP contribution in [0, 0.1) is 12.8 Å². The summed E-state index contributed by atoms with van der Waals surface area (Å²) in [6.45, 7) is 2.61.